The average molecular weight is 469 g/mol. The van der Waals surface area contributed by atoms with E-state index in [0.717, 1.165) is 29.8 Å². The zero-order valence-corrected chi connectivity index (χ0v) is 20.2. The number of aryl methyl sites for hydroxylation is 2. The molecule has 1 N–H and O–H groups in total. The van der Waals surface area contributed by atoms with Gasteiger partial charge in [0.2, 0.25) is 6.54 Å². The van der Waals surface area contributed by atoms with Crippen LogP contribution in [0.15, 0.2) is 42.9 Å². The topological polar surface area (TPSA) is 68.6 Å². The summed E-state index contributed by atoms with van der Waals surface area (Å²) in [6, 6.07) is 8.71. The van der Waals surface area contributed by atoms with Gasteiger partial charge in [0.15, 0.2) is 12.4 Å². The van der Waals surface area contributed by atoms with Crippen molar-refractivity contribution < 1.29 is 21.8 Å². The van der Waals surface area contributed by atoms with Crippen molar-refractivity contribution in [3.05, 3.63) is 54.2 Å². The maximum absolute atomic E-state index is 12.3. The molecule has 1 amide bonds. The van der Waals surface area contributed by atoms with Gasteiger partial charge in [-0.25, -0.2) is 9.36 Å². The number of hydrogen-bond acceptors (Lipinski definition) is 3. The zero-order chi connectivity index (χ0) is 22.1. The Balaban J connectivity index is 0.00000259. The third kappa shape index (κ3) is 5.29. The van der Waals surface area contributed by atoms with Gasteiger partial charge in [0.25, 0.3) is 5.91 Å². The van der Waals surface area contributed by atoms with Crippen molar-refractivity contribution in [3.63, 3.8) is 0 Å². The van der Waals surface area contributed by atoms with Gasteiger partial charge in [-0.05, 0) is 57.7 Å². The van der Waals surface area contributed by atoms with Crippen LogP contribution in [0.3, 0.4) is 0 Å². The third-order valence-electron chi connectivity index (χ3n) is 6.71. The molecule has 3 aromatic rings. The molecule has 2 aliphatic rings. The minimum Gasteiger partial charge on any atom is -1.00 e. The van der Waals surface area contributed by atoms with Crippen molar-refractivity contribution in [2.75, 3.05) is 0 Å². The quantitative estimate of drug-likeness (QED) is 0.515. The molecule has 7 nitrogen and oxygen atoms in total. The Morgan fingerprint density at radius 1 is 1.15 bits per heavy atom. The van der Waals surface area contributed by atoms with E-state index in [1.165, 1.54) is 37.8 Å². The monoisotopic (exact) mass is 468 g/mol. The van der Waals surface area contributed by atoms with E-state index in [1.54, 1.807) is 0 Å². The molecule has 3 aromatic heterocycles. The maximum Gasteiger partial charge on any atom is 0.286 e. The lowest BCUT2D eigenvalue weighted by atomic mass is 9.86. The molecule has 176 valence electrons. The first kappa shape index (κ1) is 23.5. The summed E-state index contributed by atoms with van der Waals surface area (Å²) in [5.74, 6) is 0.575. The second kappa shape index (κ2) is 10.1. The van der Waals surface area contributed by atoms with Crippen LogP contribution < -0.4 is 22.3 Å². The zero-order valence-electron chi connectivity index (χ0n) is 19.5. The van der Waals surface area contributed by atoms with Gasteiger partial charge in [0, 0.05) is 29.9 Å². The smallest absolute Gasteiger partial charge is 0.286 e. The first-order valence-electron chi connectivity index (χ1n) is 11.9. The van der Waals surface area contributed by atoms with E-state index in [2.05, 4.69) is 52.9 Å². The van der Waals surface area contributed by atoms with Crippen LogP contribution in [0.5, 0.6) is 0 Å². The number of hydrogen-bond donors (Lipinski definition) is 1. The number of halogens is 1. The van der Waals surface area contributed by atoms with Crippen LogP contribution in [0.1, 0.15) is 62.5 Å². The number of carbonyl (C=O) groups is 1. The van der Waals surface area contributed by atoms with Crippen molar-refractivity contribution in [3.8, 4) is 11.3 Å². The van der Waals surface area contributed by atoms with Gasteiger partial charge in [0.1, 0.15) is 6.17 Å². The van der Waals surface area contributed by atoms with Gasteiger partial charge in [-0.1, -0.05) is 19.3 Å². The Hall–Kier alpha value is -2.67. The molecule has 0 saturated heterocycles. The molecule has 3 heterocycles. The number of pyridine rings is 1. The van der Waals surface area contributed by atoms with E-state index in [1.807, 2.05) is 23.0 Å². The number of amides is 1. The van der Waals surface area contributed by atoms with Gasteiger partial charge in [-0.2, -0.15) is 14.8 Å². The van der Waals surface area contributed by atoms with E-state index in [0.29, 0.717) is 18.5 Å². The summed E-state index contributed by atoms with van der Waals surface area (Å²) in [5.41, 5.74) is 4.33. The third-order valence-corrected chi connectivity index (χ3v) is 6.71. The van der Waals surface area contributed by atoms with Crippen LogP contribution in [0.4, 0.5) is 0 Å². The Kier molecular flexibility index (Phi) is 7.17. The Morgan fingerprint density at radius 2 is 1.94 bits per heavy atom. The summed E-state index contributed by atoms with van der Waals surface area (Å²) in [6.07, 6.45) is 14.4. The minimum absolute atomic E-state index is 0. The molecule has 5 rings (SSSR count). The SMILES string of the molecule is Cc1cc(C)n(C(C2CCCCC2)n2nccc2-c2ccc[n+](CC(=O)NC3CC3)c2)n1.[Cl-]. The van der Waals surface area contributed by atoms with Crippen LogP contribution in [0.25, 0.3) is 11.3 Å². The fraction of sp³-hybridized carbons (Fsp3) is 0.520. The molecular formula is C25H33ClN6O. The van der Waals surface area contributed by atoms with Crippen molar-refractivity contribution in [1.29, 1.82) is 0 Å². The van der Waals surface area contributed by atoms with Crippen LogP contribution in [-0.2, 0) is 11.3 Å². The molecule has 33 heavy (non-hydrogen) atoms. The van der Waals surface area contributed by atoms with Gasteiger partial charge in [-0.15, -0.1) is 0 Å². The van der Waals surface area contributed by atoms with Crippen LogP contribution in [0, 0.1) is 19.8 Å². The molecule has 0 radical (unpaired) electrons. The van der Waals surface area contributed by atoms with Crippen molar-refractivity contribution in [1.82, 2.24) is 24.9 Å². The number of carbonyl (C=O) groups excluding carboxylic acids is 1. The van der Waals surface area contributed by atoms with Crippen molar-refractivity contribution in [2.24, 2.45) is 5.92 Å². The predicted octanol–water partition coefficient (Wildman–Crippen LogP) is 0.561. The largest absolute Gasteiger partial charge is 1.00 e. The highest BCUT2D eigenvalue weighted by molar-refractivity contribution is 5.75. The molecule has 0 bridgehead atoms. The van der Waals surface area contributed by atoms with E-state index in [9.17, 15) is 4.79 Å². The molecule has 0 aromatic carbocycles. The van der Waals surface area contributed by atoms with Gasteiger partial charge in [0.05, 0.1) is 17.0 Å². The fourth-order valence-corrected chi connectivity index (χ4v) is 5.04. The summed E-state index contributed by atoms with van der Waals surface area (Å²) >= 11 is 0. The second-order valence-electron chi connectivity index (χ2n) is 9.45. The highest BCUT2D eigenvalue weighted by atomic mass is 35.5. The molecular weight excluding hydrogens is 436 g/mol. The van der Waals surface area contributed by atoms with Crippen LogP contribution in [0.2, 0.25) is 0 Å². The lowest BCUT2D eigenvalue weighted by molar-refractivity contribution is -0.684. The van der Waals surface area contributed by atoms with Crippen LogP contribution >= 0.6 is 0 Å². The van der Waals surface area contributed by atoms with Crippen LogP contribution in [-0.4, -0.2) is 31.5 Å². The lowest BCUT2D eigenvalue weighted by Gasteiger charge is -2.32. The van der Waals surface area contributed by atoms with Crippen molar-refractivity contribution >= 4 is 5.91 Å². The Labute approximate surface area is 201 Å². The summed E-state index contributed by atoms with van der Waals surface area (Å²) in [6.45, 7) is 4.52. The first-order valence-corrected chi connectivity index (χ1v) is 11.9. The fourth-order valence-electron chi connectivity index (χ4n) is 5.04. The highest BCUT2D eigenvalue weighted by Gasteiger charge is 2.31. The molecule has 2 saturated carbocycles. The summed E-state index contributed by atoms with van der Waals surface area (Å²) in [7, 11) is 0. The molecule has 1 unspecified atom stereocenters. The average Bonchev–Trinajstić information content (AvgIpc) is 3.35. The Bertz CT molecular complexity index is 1100. The standard InChI is InChI=1S/C25H32N6O.ClH/c1-18-15-19(2)30(28-18)25(20-7-4-3-5-8-20)31-23(12-13-26-31)21-9-6-14-29(16-21)17-24(32)27-22-10-11-22;/h6,9,12-16,20,22,25H,3-5,7-8,10-11,17H2,1-2H3;1H. The number of nitrogens with one attached hydrogen (secondary N) is 1. The molecule has 0 aliphatic heterocycles. The van der Waals surface area contributed by atoms with E-state index in [-0.39, 0.29) is 24.5 Å². The second-order valence-corrected chi connectivity index (χ2v) is 9.45. The lowest BCUT2D eigenvalue weighted by Crippen LogP contribution is -3.00. The molecule has 2 fully saturated rings. The van der Waals surface area contributed by atoms with E-state index < -0.39 is 0 Å². The normalized spacial score (nSPS) is 17.4. The molecule has 0 spiro atoms. The predicted molar refractivity (Wildman–Crippen MR) is 122 cm³/mol. The van der Waals surface area contributed by atoms with Gasteiger partial charge >= 0.3 is 0 Å². The molecule has 8 heteroatoms. The molecule has 2 aliphatic carbocycles. The van der Waals surface area contributed by atoms with Gasteiger partial charge in [-0.3, -0.25) is 4.79 Å². The first-order chi connectivity index (χ1) is 15.6. The highest BCUT2D eigenvalue weighted by Crippen LogP contribution is 2.36. The molecule has 1 atom stereocenters. The van der Waals surface area contributed by atoms with E-state index in [4.69, 9.17) is 10.2 Å². The number of aromatic nitrogens is 5. The summed E-state index contributed by atoms with van der Waals surface area (Å²) in [5, 5.41) is 12.7. The number of nitrogens with zero attached hydrogens (tertiary/aromatic N) is 5. The van der Waals surface area contributed by atoms with Crippen molar-refractivity contribution in [2.45, 2.75) is 77.5 Å². The summed E-state index contributed by atoms with van der Waals surface area (Å²) < 4.78 is 6.28. The Morgan fingerprint density at radius 3 is 2.64 bits per heavy atom. The maximum atomic E-state index is 12.3. The number of rotatable bonds is 7. The van der Waals surface area contributed by atoms with E-state index >= 15 is 0 Å². The summed E-state index contributed by atoms with van der Waals surface area (Å²) in [4.78, 5) is 12.3. The minimum atomic E-state index is 0. The van der Waals surface area contributed by atoms with Gasteiger partial charge < -0.3 is 17.7 Å².